The summed E-state index contributed by atoms with van der Waals surface area (Å²) in [7, 11) is -4.35. The molecule has 0 radical (unpaired) electrons. The van der Waals surface area contributed by atoms with Gasteiger partial charge in [-0.1, -0.05) is 6.92 Å². The lowest BCUT2D eigenvalue weighted by Gasteiger charge is -2.33. The van der Waals surface area contributed by atoms with Crippen LogP contribution in [0.1, 0.15) is 31.9 Å². The fourth-order valence-corrected chi connectivity index (χ4v) is 5.76. The first kappa shape index (κ1) is 23.0. The Morgan fingerprint density at radius 1 is 1.30 bits per heavy atom. The Bertz CT molecular complexity index is 1300. The number of nitrogens with zero attached hydrogens (tertiary/aromatic N) is 3. The van der Waals surface area contributed by atoms with Crippen LogP contribution in [0.4, 0.5) is 4.39 Å². The van der Waals surface area contributed by atoms with Crippen molar-refractivity contribution in [3.05, 3.63) is 54.2 Å². The van der Waals surface area contributed by atoms with Gasteiger partial charge in [0.05, 0.1) is 0 Å². The van der Waals surface area contributed by atoms with Gasteiger partial charge in [0.2, 0.25) is 15.9 Å². The number of nitriles is 1. The van der Waals surface area contributed by atoms with E-state index in [9.17, 15) is 22.9 Å². The lowest BCUT2D eigenvalue weighted by molar-refractivity contribution is -0.134. The second kappa shape index (κ2) is 9.37. The molecule has 10 heteroatoms. The van der Waals surface area contributed by atoms with E-state index in [2.05, 4.69) is 22.7 Å². The number of carbonyl (C=O) groups is 1. The highest BCUT2D eigenvalue weighted by Gasteiger charge is 2.33. The quantitative estimate of drug-likeness (QED) is 0.552. The summed E-state index contributed by atoms with van der Waals surface area (Å²) < 4.78 is 45.4. The molecule has 3 aromatic rings. The monoisotopic (exact) mass is 471 g/mol. The van der Waals surface area contributed by atoms with E-state index < -0.39 is 26.8 Å². The third-order valence-corrected chi connectivity index (χ3v) is 7.75. The minimum absolute atomic E-state index is 0.123. The van der Waals surface area contributed by atoms with Crippen molar-refractivity contribution in [2.24, 2.45) is 5.92 Å². The Kier molecular flexibility index (Phi) is 6.54. The number of aromatic nitrogens is 2. The first-order valence-corrected chi connectivity index (χ1v) is 12.4. The minimum Gasteiger partial charge on any atom is -0.361 e. The van der Waals surface area contributed by atoms with Gasteiger partial charge in [0.1, 0.15) is 28.5 Å². The molecule has 1 unspecified atom stereocenters. The Hall–Kier alpha value is -3.16. The number of piperidine rings is 1. The molecule has 4 rings (SSSR count). The van der Waals surface area contributed by atoms with E-state index in [0.29, 0.717) is 30.2 Å². The van der Waals surface area contributed by atoms with Gasteiger partial charge >= 0.3 is 0 Å². The molecule has 0 bridgehead atoms. The molecule has 2 aromatic heterocycles. The average molecular weight is 472 g/mol. The summed E-state index contributed by atoms with van der Waals surface area (Å²) in [6, 6.07) is 8.40. The molecular formula is C23H26FN5O3S. The normalized spacial score (nSPS) is 16.1. The number of rotatable bonds is 7. The zero-order valence-electron chi connectivity index (χ0n) is 18.3. The van der Waals surface area contributed by atoms with Crippen LogP contribution in [-0.2, 0) is 21.4 Å². The first-order chi connectivity index (χ1) is 15.8. The molecule has 1 aliphatic rings. The standard InChI is InChI=1S/C23H26FN5O3S/c1-16-7-12-29(13-8-16)23(30)21(9-14-28-11-2-3-17(28)15-25)27-33(31,32)22-18-6-10-26-20(18)5-4-19(22)24/h2-6,10-11,16,21,26-27H,7-9,12-14H2,1H3. The van der Waals surface area contributed by atoms with Crippen molar-refractivity contribution < 1.29 is 17.6 Å². The highest BCUT2D eigenvalue weighted by molar-refractivity contribution is 7.89. The second-order valence-corrected chi connectivity index (χ2v) is 10.1. The molecule has 0 saturated carbocycles. The highest BCUT2D eigenvalue weighted by atomic mass is 32.2. The summed E-state index contributed by atoms with van der Waals surface area (Å²) in [6.45, 7) is 3.48. The SMILES string of the molecule is CC1CCN(C(=O)C(CCn2cccc2C#N)NS(=O)(=O)c2c(F)ccc3[nH]ccc23)CC1. The number of carbonyl (C=O) groups excluding carboxylic acids is 1. The molecule has 1 amide bonds. The second-order valence-electron chi connectivity index (χ2n) is 8.48. The van der Waals surface area contributed by atoms with Gasteiger partial charge in [-0.3, -0.25) is 4.79 Å². The van der Waals surface area contributed by atoms with E-state index in [1.54, 1.807) is 27.8 Å². The summed E-state index contributed by atoms with van der Waals surface area (Å²) in [6.07, 6.45) is 5.06. The van der Waals surface area contributed by atoms with E-state index in [-0.39, 0.29) is 24.3 Å². The van der Waals surface area contributed by atoms with Gasteiger partial charge in [0.25, 0.3) is 0 Å². The van der Waals surface area contributed by atoms with Gasteiger partial charge in [-0.05, 0) is 55.5 Å². The molecule has 1 aliphatic heterocycles. The molecule has 3 heterocycles. The fraction of sp³-hybridized carbons (Fsp3) is 0.391. The molecule has 33 heavy (non-hydrogen) atoms. The van der Waals surface area contributed by atoms with Gasteiger partial charge in [0.15, 0.2) is 0 Å². The van der Waals surface area contributed by atoms with Crippen molar-refractivity contribution >= 4 is 26.8 Å². The summed E-state index contributed by atoms with van der Waals surface area (Å²) in [5.41, 5.74) is 0.898. The number of fused-ring (bicyclic) bond motifs is 1. The molecule has 1 saturated heterocycles. The molecular weight excluding hydrogens is 445 g/mol. The van der Waals surface area contributed by atoms with Crippen LogP contribution < -0.4 is 4.72 Å². The number of sulfonamides is 1. The first-order valence-electron chi connectivity index (χ1n) is 10.9. The van der Waals surface area contributed by atoms with E-state index in [4.69, 9.17) is 0 Å². The molecule has 174 valence electrons. The average Bonchev–Trinajstić information content (AvgIpc) is 3.45. The molecule has 8 nitrogen and oxygen atoms in total. The summed E-state index contributed by atoms with van der Waals surface area (Å²) in [5.74, 6) is -0.717. The van der Waals surface area contributed by atoms with Crippen molar-refractivity contribution in [3.8, 4) is 6.07 Å². The molecule has 1 aromatic carbocycles. The minimum atomic E-state index is -4.35. The smallest absolute Gasteiger partial charge is 0.244 e. The molecule has 1 fully saturated rings. The van der Waals surface area contributed by atoms with Crippen molar-refractivity contribution in [2.45, 2.75) is 43.7 Å². The van der Waals surface area contributed by atoms with Crippen LogP contribution >= 0.6 is 0 Å². The Labute approximate surface area is 192 Å². The van der Waals surface area contributed by atoms with Crippen LogP contribution in [0.3, 0.4) is 0 Å². The van der Waals surface area contributed by atoms with Crippen molar-refractivity contribution in [1.82, 2.24) is 19.2 Å². The topological polar surface area (TPSA) is 111 Å². The predicted octanol–water partition coefficient (Wildman–Crippen LogP) is 2.98. The number of hydrogen-bond donors (Lipinski definition) is 2. The molecule has 1 atom stereocenters. The number of amides is 1. The largest absolute Gasteiger partial charge is 0.361 e. The number of likely N-dealkylation sites (tertiary alicyclic amines) is 1. The van der Waals surface area contributed by atoms with Crippen LogP contribution in [0.25, 0.3) is 10.9 Å². The van der Waals surface area contributed by atoms with Crippen molar-refractivity contribution in [2.75, 3.05) is 13.1 Å². The van der Waals surface area contributed by atoms with E-state index >= 15 is 0 Å². The predicted molar refractivity (Wildman–Crippen MR) is 121 cm³/mol. The van der Waals surface area contributed by atoms with Gasteiger partial charge < -0.3 is 14.5 Å². The third kappa shape index (κ3) is 4.79. The summed E-state index contributed by atoms with van der Waals surface area (Å²) >= 11 is 0. The van der Waals surface area contributed by atoms with Crippen LogP contribution in [0.2, 0.25) is 0 Å². The van der Waals surface area contributed by atoms with Crippen molar-refractivity contribution in [3.63, 3.8) is 0 Å². The molecule has 0 aliphatic carbocycles. The summed E-state index contributed by atoms with van der Waals surface area (Å²) in [4.78, 5) is 17.4. The molecule has 0 spiro atoms. The lowest BCUT2D eigenvalue weighted by Crippen LogP contribution is -2.51. The van der Waals surface area contributed by atoms with E-state index in [1.165, 1.54) is 18.3 Å². The number of benzene rings is 1. The van der Waals surface area contributed by atoms with Gasteiger partial charge in [-0.25, -0.2) is 12.8 Å². The zero-order valence-corrected chi connectivity index (χ0v) is 19.1. The van der Waals surface area contributed by atoms with Gasteiger partial charge in [-0.15, -0.1) is 0 Å². The van der Waals surface area contributed by atoms with Gasteiger partial charge in [0, 0.05) is 42.9 Å². The number of H-pyrrole nitrogens is 1. The number of halogens is 1. The van der Waals surface area contributed by atoms with Crippen LogP contribution in [0, 0.1) is 23.1 Å². The number of aromatic amines is 1. The number of aryl methyl sites for hydroxylation is 1. The van der Waals surface area contributed by atoms with Crippen LogP contribution in [-0.4, -0.2) is 47.9 Å². The fourth-order valence-electron chi connectivity index (χ4n) is 4.26. The Morgan fingerprint density at radius 3 is 2.79 bits per heavy atom. The zero-order chi connectivity index (χ0) is 23.6. The number of hydrogen-bond acceptors (Lipinski definition) is 4. The van der Waals surface area contributed by atoms with Crippen LogP contribution in [0.15, 0.2) is 47.6 Å². The van der Waals surface area contributed by atoms with Gasteiger partial charge in [-0.2, -0.15) is 9.98 Å². The maximum absolute atomic E-state index is 14.7. The third-order valence-electron chi connectivity index (χ3n) is 6.20. The maximum atomic E-state index is 14.7. The Morgan fingerprint density at radius 2 is 2.06 bits per heavy atom. The number of nitrogens with one attached hydrogen (secondary N) is 2. The summed E-state index contributed by atoms with van der Waals surface area (Å²) in [5, 5.41) is 9.47. The molecule has 2 N–H and O–H groups in total. The van der Waals surface area contributed by atoms with Crippen molar-refractivity contribution in [1.29, 1.82) is 5.26 Å². The van der Waals surface area contributed by atoms with E-state index in [0.717, 1.165) is 18.9 Å². The maximum Gasteiger partial charge on any atom is 0.244 e. The highest BCUT2D eigenvalue weighted by Crippen LogP contribution is 2.26. The lowest BCUT2D eigenvalue weighted by atomic mass is 9.98. The van der Waals surface area contributed by atoms with Crippen LogP contribution in [0.5, 0.6) is 0 Å². The Balaban J connectivity index is 1.63. The van der Waals surface area contributed by atoms with E-state index in [1.807, 2.05) is 0 Å².